The molecule has 0 amide bonds. The van der Waals surface area contributed by atoms with Crippen molar-refractivity contribution in [2.45, 2.75) is 31.4 Å². The van der Waals surface area contributed by atoms with Crippen LogP contribution in [0.3, 0.4) is 0 Å². The Morgan fingerprint density at radius 1 is 1.64 bits per heavy atom. The molecular weight excluding hydrogens is 140 g/mol. The zero-order valence-corrected chi connectivity index (χ0v) is 7.38. The Morgan fingerprint density at radius 3 is 2.64 bits per heavy atom. The van der Waals surface area contributed by atoms with Gasteiger partial charge in [-0.1, -0.05) is 0 Å². The third-order valence-electron chi connectivity index (χ3n) is 2.54. The van der Waals surface area contributed by atoms with Gasteiger partial charge in [0.15, 0.2) is 0 Å². The molecule has 0 saturated carbocycles. The summed E-state index contributed by atoms with van der Waals surface area (Å²) in [7, 11) is 2.02. The molecule has 1 aliphatic heterocycles. The van der Waals surface area contributed by atoms with Crippen LogP contribution in [-0.4, -0.2) is 41.8 Å². The van der Waals surface area contributed by atoms with Gasteiger partial charge < -0.3 is 15.7 Å². The number of hydrogen-bond acceptors (Lipinski definition) is 3. The molecule has 0 aromatic carbocycles. The topological polar surface area (TPSA) is 49.5 Å². The van der Waals surface area contributed by atoms with Crippen LogP contribution in [0.15, 0.2) is 0 Å². The van der Waals surface area contributed by atoms with Gasteiger partial charge in [-0.25, -0.2) is 0 Å². The third kappa shape index (κ3) is 1.92. The fourth-order valence-corrected chi connectivity index (χ4v) is 1.65. The van der Waals surface area contributed by atoms with E-state index in [1.165, 1.54) is 0 Å². The normalized spacial score (nSPS) is 37.1. The largest absolute Gasteiger partial charge is 0.387 e. The summed E-state index contributed by atoms with van der Waals surface area (Å²) in [5.74, 6) is 0. The Kier molecular flexibility index (Phi) is 2.52. The van der Waals surface area contributed by atoms with Crippen LogP contribution in [0.25, 0.3) is 0 Å². The van der Waals surface area contributed by atoms with E-state index in [9.17, 15) is 5.11 Å². The van der Waals surface area contributed by atoms with E-state index < -0.39 is 5.60 Å². The number of hydrogen-bond donors (Lipinski definition) is 2. The first-order valence-electron chi connectivity index (χ1n) is 4.21. The van der Waals surface area contributed by atoms with Gasteiger partial charge in [0.05, 0.1) is 5.60 Å². The minimum Gasteiger partial charge on any atom is -0.387 e. The summed E-state index contributed by atoms with van der Waals surface area (Å²) < 4.78 is 0. The van der Waals surface area contributed by atoms with Crippen LogP contribution in [0.1, 0.15) is 19.8 Å². The molecule has 66 valence electrons. The van der Waals surface area contributed by atoms with Gasteiger partial charge in [-0.2, -0.15) is 0 Å². The van der Waals surface area contributed by atoms with Gasteiger partial charge in [0, 0.05) is 12.6 Å². The fourth-order valence-electron chi connectivity index (χ4n) is 1.65. The van der Waals surface area contributed by atoms with Gasteiger partial charge in [-0.3, -0.25) is 0 Å². The van der Waals surface area contributed by atoms with Crippen molar-refractivity contribution in [3.05, 3.63) is 0 Å². The maximum atomic E-state index is 9.95. The molecule has 1 fully saturated rings. The van der Waals surface area contributed by atoms with E-state index in [-0.39, 0.29) is 6.04 Å². The number of rotatable bonds is 1. The van der Waals surface area contributed by atoms with Crippen molar-refractivity contribution in [3.8, 4) is 0 Å². The summed E-state index contributed by atoms with van der Waals surface area (Å²) in [6.07, 6.45) is 1.89. The van der Waals surface area contributed by atoms with Crippen LogP contribution in [0.5, 0.6) is 0 Å². The minimum atomic E-state index is -0.646. The van der Waals surface area contributed by atoms with Crippen LogP contribution in [-0.2, 0) is 0 Å². The molecule has 0 aromatic rings. The van der Waals surface area contributed by atoms with E-state index in [2.05, 4.69) is 4.90 Å². The lowest BCUT2D eigenvalue weighted by molar-refractivity contribution is -0.0384. The second-order valence-electron chi connectivity index (χ2n) is 3.73. The Bertz CT molecular complexity index is 138. The van der Waals surface area contributed by atoms with Crippen molar-refractivity contribution in [3.63, 3.8) is 0 Å². The molecule has 3 nitrogen and oxygen atoms in total. The van der Waals surface area contributed by atoms with Crippen LogP contribution >= 0.6 is 0 Å². The van der Waals surface area contributed by atoms with Crippen molar-refractivity contribution in [2.24, 2.45) is 5.73 Å². The summed E-state index contributed by atoms with van der Waals surface area (Å²) in [4.78, 5) is 2.13. The Labute approximate surface area is 68.2 Å². The van der Waals surface area contributed by atoms with Gasteiger partial charge in [0.25, 0.3) is 0 Å². The maximum absolute atomic E-state index is 9.95. The highest BCUT2D eigenvalue weighted by atomic mass is 16.3. The van der Waals surface area contributed by atoms with Gasteiger partial charge in [-0.15, -0.1) is 0 Å². The van der Waals surface area contributed by atoms with Gasteiger partial charge >= 0.3 is 0 Å². The van der Waals surface area contributed by atoms with E-state index in [0.29, 0.717) is 6.54 Å². The summed E-state index contributed by atoms with van der Waals surface area (Å²) in [6, 6.07) is -0.120. The lowest BCUT2D eigenvalue weighted by Crippen LogP contribution is -2.56. The summed E-state index contributed by atoms with van der Waals surface area (Å²) in [5, 5.41) is 9.95. The summed E-state index contributed by atoms with van der Waals surface area (Å²) in [5.41, 5.74) is 5.04. The molecule has 0 aliphatic carbocycles. The zero-order valence-electron chi connectivity index (χ0n) is 7.38. The molecule has 1 aliphatic rings. The lowest BCUT2D eigenvalue weighted by atomic mass is 9.87. The number of aliphatic hydroxyl groups is 1. The van der Waals surface area contributed by atoms with E-state index in [4.69, 9.17) is 5.73 Å². The average Bonchev–Trinajstić information content (AvgIpc) is 1.86. The van der Waals surface area contributed by atoms with Crippen LogP contribution < -0.4 is 5.73 Å². The number of β-amino-alcohol motifs (C(OH)–C–C–N with tert-alkyl or cyclic N) is 1. The molecule has 0 aromatic heterocycles. The van der Waals surface area contributed by atoms with Gasteiger partial charge in [0.1, 0.15) is 0 Å². The number of nitrogens with two attached hydrogens (primary N) is 1. The minimum absolute atomic E-state index is 0.120. The molecule has 2 unspecified atom stereocenters. The monoisotopic (exact) mass is 158 g/mol. The Balaban J connectivity index is 2.55. The SMILES string of the molecule is CC(N)C1(O)CCCN(C)C1. The first-order valence-corrected chi connectivity index (χ1v) is 4.21. The number of nitrogens with zero attached hydrogens (tertiary/aromatic N) is 1. The molecule has 1 rings (SSSR count). The molecule has 3 N–H and O–H groups in total. The molecule has 3 heteroatoms. The third-order valence-corrected chi connectivity index (χ3v) is 2.54. The van der Waals surface area contributed by atoms with E-state index in [0.717, 1.165) is 19.4 Å². The highest BCUT2D eigenvalue weighted by Crippen LogP contribution is 2.22. The molecular formula is C8H18N2O. The van der Waals surface area contributed by atoms with E-state index >= 15 is 0 Å². The first-order chi connectivity index (χ1) is 5.04. The molecule has 1 heterocycles. The molecule has 11 heavy (non-hydrogen) atoms. The predicted octanol–water partition coefficient (Wildman–Crippen LogP) is -0.210. The smallest absolute Gasteiger partial charge is 0.0921 e. The highest BCUT2D eigenvalue weighted by Gasteiger charge is 2.34. The predicted molar refractivity (Wildman–Crippen MR) is 45.3 cm³/mol. The zero-order chi connectivity index (χ0) is 8.48. The van der Waals surface area contributed by atoms with Crippen molar-refractivity contribution in [1.29, 1.82) is 0 Å². The fraction of sp³-hybridized carbons (Fsp3) is 1.00. The lowest BCUT2D eigenvalue weighted by Gasteiger charge is -2.39. The summed E-state index contributed by atoms with van der Waals surface area (Å²) in [6.45, 7) is 3.67. The molecule has 2 atom stereocenters. The van der Waals surface area contributed by atoms with Crippen LogP contribution in [0.2, 0.25) is 0 Å². The van der Waals surface area contributed by atoms with Crippen molar-refractivity contribution in [1.82, 2.24) is 4.90 Å². The van der Waals surface area contributed by atoms with Gasteiger partial charge in [-0.05, 0) is 33.4 Å². The van der Waals surface area contributed by atoms with E-state index in [1.54, 1.807) is 0 Å². The number of piperidine rings is 1. The highest BCUT2D eigenvalue weighted by molar-refractivity contribution is 4.92. The van der Waals surface area contributed by atoms with Crippen LogP contribution in [0.4, 0.5) is 0 Å². The standard InChI is InChI=1S/C8H18N2O/c1-7(9)8(11)4-3-5-10(2)6-8/h7,11H,3-6,9H2,1-2H3. The number of likely N-dealkylation sites (N-methyl/N-ethyl adjacent to an activating group) is 1. The first kappa shape index (κ1) is 8.97. The Hall–Kier alpha value is -0.120. The summed E-state index contributed by atoms with van der Waals surface area (Å²) >= 11 is 0. The van der Waals surface area contributed by atoms with Gasteiger partial charge in [0.2, 0.25) is 0 Å². The molecule has 0 bridgehead atoms. The van der Waals surface area contributed by atoms with Crippen molar-refractivity contribution < 1.29 is 5.11 Å². The Morgan fingerprint density at radius 2 is 2.27 bits per heavy atom. The number of likely N-dealkylation sites (tertiary alicyclic amines) is 1. The molecule has 0 spiro atoms. The maximum Gasteiger partial charge on any atom is 0.0921 e. The van der Waals surface area contributed by atoms with Crippen molar-refractivity contribution >= 4 is 0 Å². The average molecular weight is 158 g/mol. The van der Waals surface area contributed by atoms with E-state index in [1.807, 2.05) is 14.0 Å². The molecule has 1 saturated heterocycles. The second kappa shape index (κ2) is 3.09. The second-order valence-corrected chi connectivity index (χ2v) is 3.73. The quantitative estimate of drug-likeness (QED) is 0.555. The molecule has 0 radical (unpaired) electrons. The van der Waals surface area contributed by atoms with Crippen LogP contribution in [0, 0.1) is 0 Å². The van der Waals surface area contributed by atoms with Crippen molar-refractivity contribution in [2.75, 3.05) is 20.1 Å².